The fraction of sp³-hybridized carbons (Fsp3) is 0.0588. The summed E-state index contributed by atoms with van der Waals surface area (Å²) in [6.45, 7) is 0. The summed E-state index contributed by atoms with van der Waals surface area (Å²) >= 11 is 0. The zero-order valence-corrected chi connectivity index (χ0v) is 12.0. The number of nitrogens with two attached hydrogens (primary N) is 1. The molecule has 3 N–H and O–H groups in total. The van der Waals surface area contributed by atoms with Gasteiger partial charge in [-0.2, -0.15) is 0 Å². The van der Waals surface area contributed by atoms with E-state index in [0.717, 1.165) is 22.6 Å². The van der Waals surface area contributed by atoms with Gasteiger partial charge in [-0.3, -0.25) is 0 Å². The molecule has 0 fully saturated rings. The summed E-state index contributed by atoms with van der Waals surface area (Å²) in [6, 6.07) is 16.2. The summed E-state index contributed by atoms with van der Waals surface area (Å²) in [7, 11) is 1.63. The van der Waals surface area contributed by atoms with E-state index in [0.29, 0.717) is 5.69 Å². The van der Waals surface area contributed by atoms with Crippen LogP contribution in [0.4, 0.5) is 5.95 Å². The van der Waals surface area contributed by atoms with E-state index in [4.69, 9.17) is 10.5 Å². The van der Waals surface area contributed by atoms with Crippen LogP contribution in [0.3, 0.4) is 0 Å². The minimum atomic E-state index is 0.205. The Morgan fingerprint density at radius 3 is 1.86 bits per heavy atom. The maximum absolute atomic E-state index is 9.37. The third-order valence-corrected chi connectivity index (χ3v) is 3.29. The van der Waals surface area contributed by atoms with E-state index in [1.165, 1.54) is 0 Å². The lowest BCUT2D eigenvalue weighted by atomic mass is 10.1. The van der Waals surface area contributed by atoms with Crippen LogP contribution >= 0.6 is 0 Å². The molecule has 3 aromatic rings. The third kappa shape index (κ3) is 2.83. The van der Waals surface area contributed by atoms with E-state index in [-0.39, 0.29) is 11.7 Å². The van der Waals surface area contributed by atoms with E-state index in [1.807, 2.05) is 30.3 Å². The molecule has 2 aromatic carbocycles. The molecule has 5 nitrogen and oxygen atoms in total. The molecular weight excluding hydrogens is 278 g/mol. The average molecular weight is 293 g/mol. The molecule has 0 saturated heterocycles. The highest BCUT2D eigenvalue weighted by Crippen LogP contribution is 2.26. The minimum Gasteiger partial charge on any atom is -0.508 e. The lowest BCUT2D eigenvalue weighted by molar-refractivity contribution is 0.415. The summed E-state index contributed by atoms with van der Waals surface area (Å²) in [5, 5.41) is 9.37. The molecule has 0 amide bonds. The molecule has 0 aliphatic carbocycles. The van der Waals surface area contributed by atoms with Crippen LogP contribution in [0.25, 0.3) is 22.5 Å². The summed E-state index contributed by atoms with van der Waals surface area (Å²) in [6.07, 6.45) is 0. The van der Waals surface area contributed by atoms with Crippen LogP contribution in [-0.2, 0) is 0 Å². The first-order valence-electron chi connectivity index (χ1n) is 6.74. The number of phenols is 1. The fourth-order valence-corrected chi connectivity index (χ4v) is 2.16. The predicted octanol–water partition coefficient (Wildman–Crippen LogP) is 3.11. The number of hydrogen-bond donors (Lipinski definition) is 2. The first-order valence-corrected chi connectivity index (χ1v) is 6.74. The van der Waals surface area contributed by atoms with Gasteiger partial charge in [0.1, 0.15) is 11.5 Å². The maximum Gasteiger partial charge on any atom is 0.221 e. The molecule has 3 rings (SSSR count). The number of aromatic nitrogens is 2. The number of benzene rings is 2. The number of nitrogen functional groups attached to an aromatic ring is 1. The second-order valence-corrected chi connectivity index (χ2v) is 4.77. The highest BCUT2D eigenvalue weighted by atomic mass is 16.5. The van der Waals surface area contributed by atoms with E-state index in [1.54, 1.807) is 31.4 Å². The van der Waals surface area contributed by atoms with Gasteiger partial charge in [0.25, 0.3) is 0 Å². The zero-order chi connectivity index (χ0) is 15.5. The normalized spacial score (nSPS) is 10.4. The Hall–Kier alpha value is -3.08. The molecule has 0 unspecified atom stereocenters. The summed E-state index contributed by atoms with van der Waals surface area (Å²) < 4.78 is 5.15. The Labute approximate surface area is 128 Å². The molecule has 1 aromatic heterocycles. The lowest BCUT2D eigenvalue weighted by Gasteiger charge is -2.07. The summed E-state index contributed by atoms with van der Waals surface area (Å²) in [5.74, 6) is 1.20. The van der Waals surface area contributed by atoms with Crippen LogP contribution in [0.1, 0.15) is 0 Å². The lowest BCUT2D eigenvalue weighted by Crippen LogP contribution is -1.98. The molecule has 22 heavy (non-hydrogen) atoms. The Morgan fingerprint density at radius 1 is 0.864 bits per heavy atom. The molecule has 0 bridgehead atoms. The Balaban J connectivity index is 2.03. The Kier molecular flexibility index (Phi) is 3.62. The molecule has 0 spiro atoms. The molecule has 0 aliphatic rings. The van der Waals surface area contributed by atoms with Crippen molar-refractivity contribution < 1.29 is 9.84 Å². The number of hydrogen-bond acceptors (Lipinski definition) is 5. The number of rotatable bonds is 3. The van der Waals surface area contributed by atoms with Crippen molar-refractivity contribution in [2.75, 3.05) is 12.8 Å². The van der Waals surface area contributed by atoms with Crippen LogP contribution in [0, 0.1) is 0 Å². The number of ether oxygens (including phenoxy) is 1. The number of phenolic OH excluding ortho intramolecular Hbond substituents is 1. The second kappa shape index (κ2) is 5.73. The van der Waals surface area contributed by atoms with Crippen LogP contribution < -0.4 is 10.5 Å². The number of anilines is 1. The highest BCUT2D eigenvalue weighted by molar-refractivity contribution is 5.69. The largest absolute Gasteiger partial charge is 0.508 e. The van der Waals surface area contributed by atoms with E-state index >= 15 is 0 Å². The van der Waals surface area contributed by atoms with Gasteiger partial charge in [0.2, 0.25) is 5.95 Å². The van der Waals surface area contributed by atoms with Gasteiger partial charge in [0.15, 0.2) is 0 Å². The molecule has 1 heterocycles. The van der Waals surface area contributed by atoms with Gasteiger partial charge in [0, 0.05) is 11.1 Å². The molecule has 0 radical (unpaired) electrons. The quantitative estimate of drug-likeness (QED) is 0.775. The van der Waals surface area contributed by atoms with Crippen molar-refractivity contribution in [3.05, 3.63) is 54.6 Å². The van der Waals surface area contributed by atoms with Gasteiger partial charge < -0.3 is 15.6 Å². The van der Waals surface area contributed by atoms with E-state index < -0.39 is 0 Å². The second-order valence-electron chi connectivity index (χ2n) is 4.77. The van der Waals surface area contributed by atoms with Crippen LogP contribution in [0.5, 0.6) is 11.5 Å². The first-order chi connectivity index (χ1) is 10.7. The third-order valence-electron chi connectivity index (χ3n) is 3.29. The van der Waals surface area contributed by atoms with Gasteiger partial charge >= 0.3 is 0 Å². The Bertz CT molecular complexity index is 784. The van der Waals surface area contributed by atoms with Crippen molar-refractivity contribution in [1.29, 1.82) is 0 Å². The monoisotopic (exact) mass is 293 g/mol. The maximum atomic E-state index is 9.37. The van der Waals surface area contributed by atoms with Gasteiger partial charge in [0.05, 0.1) is 18.5 Å². The fourth-order valence-electron chi connectivity index (χ4n) is 2.16. The smallest absolute Gasteiger partial charge is 0.221 e. The molecule has 110 valence electrons. The topological polar surface area (TPSA) is 81.3 Å². The zero-order valence-electron chi connectivity index (χ0n) is 12.0. The number of aromatic hydroxyl groups is 1. The minimum absolute atomic E-state index is 0.205. The van der Waals surface area contributed by atoms with Crippen molar-refractivity contribution in [3.63, 3.8) is 0 Å². The van der Waals surface area contributed by atoms with Crippen LogP contribution in [0.2, 0.25) is 0 Å². The highest BCUT2D eigenvalue weighted by Gasteiger charge is 2.07. The summed E-state index contributed by atoms with van der Waals surface area (Å²) in [5.41, 5.74) is 9.05. The van der Waals surface area contributed by atoms with E-state index in [2.05, 4.69) is 9.97 Å². The van der Waals surface area contributed by atoms with Crippen molar-refractivity contribution >= 4 is 5.95 Å². The molecule has 0 aliphatic heterocycles. The van der Waals surface area contributed by atoms with Crippen molar-refractivity contribution in [2.24, 2.45) is 0 Å². The molecule has 0 saturated carbocycles. The van der Waals surface area contributed by atoms with E-state index in [9.17, 15) is 5.11 Å². The van der Waals surface area contributed by atoms with Gasteiger partial charge in [-0.05, 0) is 54.6 Å². The Morgan fingerprint density at radius 2 is 1.36 bits per heavy atom. The average Bonchev–Trinajstić information content (AvgIpc) is 2.55. The van der Waals surface area contributed by atoms with Gasteiger partial charge in [-0.25, -0.2) is 9.97 Å². The van der Waals surface area contributed by atoms with Crippen molar-refractivity contribution in [1.82, 2.24) is 9.97 Å². The molecular formula is C17H15N3O2. The van der Waals surface area contributed by atoms with Crippen LogP contribution in [0.15, 0.2) is 54.6 Å². The van der Waals surface area contributed by atoms with Crippen molar-refractivity contribution in [3.8, 4) is 34.0 Å². The van der Waals surface area contributed by atoms with Gasteiger partial charge in [-0.15, -0.1) is 0 Å². The SMILES string of the molecule is COc1ccc(-c2cc(-c3ccc(O)cc3)nc(N)n2)cc1. The number of methoxy groups -OCH3 is 1. The first kappa shape index (κ1) is 13.9. The predicted molar refractivity (Wildman–Crippen MR) is 85.5 cm³/mol. The van der Waals surface area contributed by atoms with Crippen LogP contribution in [-0.4, -0.2) is 22.2 Å². The number of nitrogens with zero attached hydrogens (tertiary/aromatic N) is 2. The summed E-state index contributed by atoms with van der Waals surface area (Å²) in [4.78, 5) is 8.53. The molecule has 5 heteroatoms. The molecule has 0 atom stereocenters. The van der Waals surface area contributed by atoms with Crippen molar-refractivity contribution in [2.45, 2.75) is 0 Å². The van der Waals surface area contributed by atoms with Gasteiger partial charge in [-0.1, -0.05) is 0 Å². The standard InChI is InChI=1S/C17H15N3O2/c1-22-14-8-4-12(5-9-14)16-10-15(19-17(18)20-16)11-2-6-13(21)7-3-11/h2-10,21H,1H3,(H2,18,19,20).